The summed E-state index contributed by atoms with van der Waals surface area (Å²) in [5, 5.41) is 3.67. The van der Waals surface area contributed by atoms with Gasteiger partial charge in [0.15, 0.2) is 0 Å². The van der Waals surface area contributed by atoms with Crippen LogP contribution in [0.25, 0.3) is 0 Å². The highest BCUT2D eigenvalue weighted by atomic mass is 14.8. The van der Waals surface area contributed by atoms with Crippen molar-refractivity contribution in [1.82, 2.24) is 5.32 Å². The molecule has 0 aromatic heterocycles. The summed E-state index contributed by atoms with van der Waals surface area (Å²) in [5.74, 6) is 0. The molecule has 0 aromatic rings. The average molecular weight is 436 g/mol. The lowest BCUT2D eigenvalue weighted by Crippen LogP contribution is -2.16. The van der Waals surface area contributed by atoms with Crippen LogP contribution >= 0.6 is 0 Å². The van der Waals surface area contributed by atoms with Crippen LogP contribution < -0.4 is 5.32 Å². The van der Waals surface area contributed by atoms with Gasteiger partial charge < -0.3 is 5.32 Å². The van der Waals surface area contributed by atoms with Crippen molar-refractivity contribution in [3.05, 3.63) is 0 Å². The number of nitrogens with one attached hydrogen (secondary N) is 1. The van der Waals surface area contributed by atoms with Crippen LogP contribution in [0.3, 0.4) is 0 Å². The Morgan fingerprint density at radius 3 is 0.452 bits per heavy atom. The van der Waals surface area contributed by atoms with Crippen molar-refractivity contribution >= 4 is 0 Å². The second-order valence-corrected chi connectivity index (χ2v) is 10.6. The standard InChI is InChI=1S/C30H61N/c1-2-4-6-8-10-12-14-16-18-20-22-24-26-28-30-31-29-27-25-23-21-19-17-15-13-11-9-7-5-3-1/h31H,1-30H2. The van der Waals surface area contributed by atoms with Gasteiger partial charge in [-0.1, -0.05) is 167 Å². The smallest absolute Gasteiger partial charge is 0.00489 e. The first-order valence-corrected chi connectivity index (χ1v) is 15.2. The minimum atomic E-state index is 1.25. The van der Waals surface area contributed by atoms with Gasteiger partial charge in [-0.2, -0.15) is 0 Å². The zero-order valence-electron chi connectivity index (χ0n) is 21.7. The molecule has 186 valence electrons. The maximum absolute atomic E-state index is 3.67. The highest BCUT2D eigenvalue weighted by molar-refractivity contribution is 4.54. The molecule has 1 nitrogen and oxygen atoms in total. The average Bonchev–Trinajstić information content (AvgIpc) is 2.78. The molecule has 0 saturated carbocycles. The molecule has 1 N–H and O–H groups in total. The first kappa shape index (κ1) is 29.0. The maximum Gasteiger partial charge on any atom is -0.00489 e. The largest absolute Gasteiger partial charge is 0.317 e. The van der Waals surface area contributed by atoms with E-state index in [1.54, 1.807) is 0 Å². The summed E-state index contributed by atoms with van der Waals surface area (Å²) in [6.07, 6.45) is 41.3. The summed E-state index contributed by atoms with van der Waals surface area (Å²) in [4.78, 5) is 0. The summed E-state index contributed by atoms with van der Waals surface area (Å²) in [6, 6.07) is 0. The van der Waals surface area contributed by atoms with Crippen molar-refractivity contribution in [3.8, 4) is 0 Å². The van der Waals surface area contributed by atoms with Crippen LogP contribution in [0.2, 0.25) is 0 Å². The Bertz CT molecular complexity index is 160. The Labute approximate surface area is 198 Å². The van der Waals surface area contributed by atoms with E-state index in [0.29, 0.717) is 0 Å². The van der Waals surface area contributed by atoms with Crippen LogP contribution in [0.15, 0.2) is 0 Å². The Balaban J connectivity index is 2.00. The van der Waals surface area contributed by atoms with E-state index < -0.39 is 0 Å². The maximum atomic E-state index is 3.67. The summed E-state index contributed by atoms with van der Waals surface area (Å²) in [6.45, 7) is 2.50. The number of hydrogen-bond donors (Lipinski definition) is 1. The van der Waals surface area contributed by atoms with E-state index in [9.17, 15) is 0 Å². The predicted octanol–water partition coefficient (Wildman–Crippen LogP) is 10.5. The summed E-state index contributed by atoms with van der Waals surface area (Å²) < 4.78 is 0. The molecular weight excluding hydrogens is 374 g/mol. The molecule has 1 rings (SSSR count). The number of hydrogen-bond acceptors (Lipinski definition) is 1. The van der Waals surface area contributed by atoms with Crippen LogP contribution in [0.4, 0.5) is 0 Å². The molecule has 0 radical (unpaired) electrons. The van der Waals surface area contributed by atoms with Gasteiger partial charge in [-0.15, -0.1) is 0 Å². The highest BCUT2D eigenvalue weighted by Crippen LogP contribution is 2.16. The topological polar surface area (TPSA) is 12.0 Å². The fraction of sp³-hybridized carbons (Fsp3) is 1.00. The van der Waals surface area contributed by atoms with E-state index in [1.807, 2.05) is 0 Å². The lowest BCUT2D eigenvalue weighted by Gasteiger charge is -2.06. The highest BCUT2D eigenvalue weighted by Gasteiger charge is 1.97. The van der Waals surface area contributed by atoms with Crippen molar-refractivity contribution < 1.29 is 0 Å². The first-order chi connectivity index (χ1) is 15.5. The molecule has 0 atom stereocenters. The summed E-state index contributed by atoms with van der Waals surface area (Å²) >= 11 is 0. The Hall–Kier alpha value is -0.0400. The predicted molar refractivity (Wildman–Crippen MR) is 142 cm³/mol. The second kappa shape index (κ2) is 26.2. The molecule has 0 bridgehead atoms. The molecular formula is C30H61N. The Morgan fingerprint density at radius 2 is 0.290 bits per heavy atom. The van der Waals surface area contributed by atoms with Crippen molar-refractivity contribution in [1.29, 1.82) is 0 Å². The SMILES string of the molecule is C1CCCCCCCCCCCCCCCNCCCCCCCCCCCCCC1. The van der Waals surface area contributed by atoms with Crippen LogP contribution in [0.1, 0.15) is 180 Å². The zero-order valence-corrected chi connectivity index (χ0v) is 21.7. The van der Waals surface area contributed by atoms with Crippen LogP contribution in [0, 0.1) is 0 Å². The Kier molecular flexibility index (Phi) is 24.5. The lowest BCUT2D eigenvalue weighted by molar-refractivity contribution is 0.515. The molecule has 31 heavy (non-hydrogen) atoms. The van der Waals surface area contributed by atoms with Gasteiger partial charge >= 0.3 is 0 Å². The number of rotatable bonds is 0. The fourth-order valence-electron chi connectivity index (χ4n) is 5.22. The summed E-state index contributed by atoms with van der Waals surface area (Å²) in [7, 11) is 0. The van der Waals surface area contributed by atoms with E-state index in [2.05, 4.69) is 5.32 Å². The Morgan fingerprint density at radius 1 is 0.161 bits per heavy atom. The molecule has 1 saturated heterocycles. The third-order valence-electron chi connectivity index (χ3n) is 7.46. The van der Waals surface area contributed by atoms with Crippen molar-refractivity contribution in [3.63, 3.8) is 0 Å². The third-order valence-corrected chi connectivity index (χ3v) is 7.46. The molecule has 0 spiro atoms. The molecule has 1 heteroatoms. The molecule has 1 aliphatic rings. The molecule has 0 aromatic carbocycles. The summed E-state index contributed by atoms with van der Waals surface area (Å²) in [5.41, 5.74) is 0. The first-order valence-electron chi connectivity index (χ1n) is 15.2. The molecule has 0 amide bonds. The van der Waals surface area contributed by atoms with Gasteiger partial charge in [-0.05, 0) is 25.9 Å². The monoisotopic (exact) mass is 435 g/mol. The van der Waals surface area contributed by atoms with Crippen molar-refractivity contribution in [2.75, 3.05) is 13.1 Å². The molecule has 1 fully saturated rings. The van der Waals surface area contributed by atoms with Gasteiger partial charge in [0.05, 0.1) is 0 Å². The van der Waals surface area contributed by atoms with Gasteiger partial charge in [0, 0.05) is 0 Å². The van der Waals surface area contributed by atoms with Crippen LogP contribution in [-0.2, 0) is 0 Å². The third kappa shape index (κ3) is 24.4. The van der Waals surface area contributed by atoms with Crippen LogP contribution in [-0.4, -0.2) is 13.1 Å². The van der Waals surface area contributed by atoms with E-state index in [1.165, 1.54) is 193 Å². The van der Waals surface area contributed by atoms with Gasteiger partial charge in [0.1, 0.15) is 0 Å². The normalized spacial score (nSPS) is 24.0. The van der Waals surface area contributed by atoms with Crippen molar-refractivity contribution in [2.24, 2.45) is 0 Å². The zero-order chi connectivity index (χ0) is 21.9. The quantitative estimate of drug-likeness (QED) is 0.399. The van der Waals surface area contributed by atoms with Crippen LogP contribution in [0.5, 0.6) is 0 Å². The second-order valence-electron chi connectivity index (χ2n) is 10.6. The van der Waals surface area contributed by atoms with E-state index >= 15 is 0 Å². The minimum Gasteiger partial charge on any atom is -0.317 e. The van der Waals surface area contributed by atoms with E-state index in [0.717, 1.165) is 0 Å². The van der Waals surface area contributed by atoms with E-state index in [-0.39, 0.29) is 0 Å². The molecule has 0 unspecified atom stereocenters. The van der Waals surface area contributed by atoms with Gasteiger partial charge in [0.25, 0.3) is 0 Å². The van der Waals surface area contributed by atoms with Gasteiger partial charge in [0.2, 0.25) is 0 Å². The molecule has 1 heterocycles. The molecule has 0 aliphatic carbocycles. The minimum absolute atomic E-state index is 1.25. The molecule has 1 aliphatic heterocycles. The fourth-order valence-corrected chi connectivity index (χ4v) is 5.22. The lowest BCUT2D eigenvalue weighted by atomic mass is 10.0. The van der Waals surface area contributed by atoms with Gasteiger partial charge in [-0.3, -0.25) is 0 Å². The van der Waals surface area contributed by atoms with E-state index in [4.69, 9.17) is 0 Å². The van der Waals surface area contributed by atoms with Gasteiger partial charge in [-0.25, -0.2) is 0 Å². The van der Waals surface area contributed by atoms with Crippen molar-refractivity contribution in [2.45, 2.75) is 180 Å².